The summed E-state index contributed by atoms with van der Waals surface area (Å²) in [4.78, 5) is 140. The average Bonchev–Trinajstić information content (AvgIpc) is 0.731. The van der Waals surface area contributed by atoms with Crippen molar-refractivity contribution in [3.63, 3.8) is 0 Å². The van der Waals surface area contributed by atoms with Crippen molar-refractivity contribution in [1.29, 1.82) is 0 Å². The van der Waals surface area contributed by atoms with Gasteiger partial charge in [0.25, 0.3) is 0 Å². The zero-order valence-corrected chi connectivity index (χ0v) is 81.4. The van der Waals surface area contributed by atoms with Gasteiger partial charge in [0.1, 0.15) is 63.9 Å². The SMILES string of the molecule is C=Cc1c(N)nc(-c2ccc(Cl)c(OC)c2)nc1C(=O)OC.C=Cc1c(N)nc(-c2ccc(Cl)c(OC)c2F)nc1C(=O)OC.C=Cc1c(N)nc(-c2ccc(Cl)cc2)nc1C(=O)OC.C=Cc1c(N)nc(-c2ccc(Cl)cc2F)nc1C(=O)OC.C=Cc1c(N)nc(C2CC2)nc1C(=O)OCC.CCOC(=O)c1nc(C2CC2)nc(N)c1C.COC(=O)c1nc(-c2ccc(Cl)c(OC)c2F)nc(N)c1C. The van der Waals surface area contributed by atoms with Crippen molar-refractivity contribution in [3.8, 4) is 74.2 Å². The van der Waals surface area contributed by atoms with Crippen LogP contribution in [-0.2, 0) is 33.2 Å². The first-order valence-electron chi connectivity index (χ1n) is 41.3. The summed E-state index contributed by atoms with van der Waals surface area (Å²) < 4.78 is 91.0. The van der Waals surface area contributed by atoms with E-state index in [-0.39, 0.29) is 141 Å². The highest BCUT2D eigenvalue weighted by Crippen LogP contribution is 2.42. The number of carbonyl (C=O) groups excluding carboxylic acids is 7. The van der Waals surface area contributed by atoms with Crippen LogP contribution in [0.2, 0.25) is 25.1 Å². The largest absolute Gasteiger partial charge is 0.495 e. The number of benzene rings is 5. The molecule has 14 N–H and O–H groups in total. The van der Waals surface area contributed by atoms with E-state index in [2.05, 4.69) is 117 Å². The third-order valence-corrected chi connectivity index (χ3v) is 21.1. The van der Waals surface area contributed by atoms with Crippen LogP contribution in [0.4, 0.5) is 53.9 Å². The number of aromatic nitrogens is 14. The Balaban J connectivity index is 0.000000202. The van der Waals surface area contributed by atoms with Crippen LogP contribution >= 0.6 is 58.0 Å². The first-order valence-corrected chi connectivity index (χ1v) is 43.2. The summed E-state index contributed by atoms with van der Waals surface area (Å²) in [6.45, 7) is 25.4. The summed E-state index contributed by atoms with van der Waals surface area (Å²) in [6, 6.07) is 21.5. The lowest BCUT2D eigenvalue weighted by Crippen LogP contribution is -2.14. The number of nitrogen functional groups attached to an aromatic ring is 7. The van der Waals surface area contributed by atoms with Crippen LogP contribution in [0.25, 0.3) is 87.3 Å². The number of anilines is 7. The van der Waals surface area contributed by atoms with Crippen LogP contribution in [0.3, 0.4) is 0 Å². The lowest BCUT2D eigenvalue weighted by Gasteiger charge is -2.11. The van der Waals surface area contributed by atoms with Crippen LogP contribution in [0, 0.1) is 31.3 Å². The van der Waals surface area contributed by atoms with E-state index in [0.717, 1.165) is 31.7 Å². The van der Waals surface area contributed by atoms with E-state index >= 15 is 0 Å². The fourth-order valence-electron chi connectivity index (χ4n) is 12.1. The lowest BCUT2D eigenvalue weighted by atomic mass is 10.1. The quantitative estimate of drug-likeness (QED) is 0.0218. The normalized spacial score (nSPS) is 11.3. The summed E-state index contributed by atoms with van der Waals surface area (Å²) in [5, 5.41) is 1.49. The molecule has 2 aliphatic carbocycles. The monoisotopic (exact) mass is 2030 g/mol. The number of rotatable bonds is 24. The molecule has 7 aromatic heterocycles. The Labute approximate surface area is 830 Å². The van der Waals surface area contributed by atoms with Crippen LogP contribution in [0.5, 0.6) is 17.2 Å². The summed E-state index contributed by atoms with van der Waals surface area (Å²) in [7, 11) is 10.2. The number of nitrogens with zero attached hydrogens (tertiary/aromatic N) is 14. The van der Waals surface area contributed by atoms with Crippen molar-refractivity contribution in [1.82, 2.24) is 69.8 Å². The Morgan fingerprint density at radius 2 is 0.631 bits per heavy atom. The second-order valence-electron chi connectivity index (χ2n) is 28.7. The fourth-order valence-corrected chi connectivity index (χ4v) is 13.0. The minimum Gasteiger partial charge on any atom is -0.495 e. The molecule has 0 atom stereocenters. The number of halogens is 8. The number of hydrogen-bond donors (Lipinski definition) is 7. The van der Waals surface area contributed by atoms with Gasteiger partial charge in [0, 0.05) is 72.0 Å². The fraction of sp³-hybridized carbons (Fsp3) is 0.211. The molecule has 38 nitrogen and oxygen atoms in total. The van der Waals surface area contributed by atoms with E-state index in [0.29, 0.717) is 115 Å². The zero-order chi connectivity index (χ0) is 104. The van der Waals surface area contributed by atoms with E-state index in [1.165, 1.54) is 124 Å². The summed E-state index contributed by atoms with van der Waals surface area (Å²) in [6.07, 6.45) is 11.2. The molecule has 2 aliphatic rings. The predicted octanol–water partition coefficient (Wildman–Crippen LogP) is 17.3. The van der Waals surface area contributed by atoms with Crippen molar-refractivity contribution in [2.24, 2.45) is 0 Å². The predicted molar refractivity (Wildman–Crippen MR) is 529 cm³/mol. The molecular formula is C95H93Cl5F3N21O17. The Hall–Kier alpha value is -16.1. The molecule has 12 aromatic rings. The zero-order valence-electron chi connectivity index (χ0n) is 77.7. The van der Waals surface area contributed by atoms with E-state index in [1.54, 1.807) is 70.2 Å². The van der Waals surface area contributed by atoms with Crippen molar-refractivity contribution in [3.05, 3.63) is 251 Å². The van der Waals surface area contributed by atoms with Gasteiger partial charge in [0.05, 0.1) is 102 Å². The van der Waals surface area contributed by atoms with Gasteiger partial charge < -0.3 is 87.5 Å². The highest BCUT2D eigenvalue weighted by molar-refractivity contribution is 6.33. The molecule has 2 fully saturated rings. The molecule has 46 heteroatoms. The maximum Gasteiger partial charge on any atom is 0.357 e. The molecule has 0 bridgehead atoms. The van der Waals surface area contributed by atoms with Gasteiger partial charge in [-0.2, -0.15) is 0 Å². The van der Waals surface area contributed by atoms with Crippen molar-refractivity contribution >= 4 is 171 Å². The van der Waals surface area contributed by atoms with Gasteiger partial charge in [-0.1, -0.05) is 121 Å². The molecule has 141 heavy (non-hydrogen) atoms. The van der Waals surface area contributed by atoms with Crippen LogP contribution in [0.1, 0.15) is 175 Å². The van der Waals surface area contributed by atoms with Crippen LogP contribution in [-0.4, -0.2) is 182 Å². The summed E-state index contributed by atoms with van der Waals surface area (Å²) >= 11 is 29.2. The third-order valence-electron chi connectivity index (χ3n) is 19.7. The average molecular weight is 2040 g/mol. The van der Waals surface area contributed by atoms with Gasteiger partial charge in [0.15, 0.2) is 92.1 Å². The topological polar surface area (TPSA) is 574 Å². The van der Waals surface area contributed by atoms with Crippen LogP contribution < -0.4 is 54.3 Å². The van der Waals surface area contributed by atoms with Gasteiger partial charge in [-0.05, 0) is 138 Å². The Bertz CT molecular complexity index is 6830. The van der Waals surface area contributed by atoms with E-state index in [4.69, 9.17) is 131 Å². The van der Waals surface area contributed by atoms with Gasteiger partial charge in [-0.15, -0.1) is 0 Å². The Morgan fingerprint density at radius 3 is 1.00 bits per heavy atom. The molecule has 2 saturated carbocycles. The van der Waals surface area contributed by atoms with Gasteiger partial charge in [-0.25, -0.2) is 117 Å². The second kappa shape index (κ2) is 50.8. The maximum absolute atomic E-state index is 14.5. The van der Waals surface area contributed by atoms with E-state index in [1.807, 2.05) is 0 Å². The molecule has 0 spiro atoms. The first-order chi connectivity index (χ1) is 67.2. The summed E-state index contributed by atoms with van der Waals surface area (Å²) in [5.74, 6) is -2.79. The van der Waals surface area contributed by atoms with Crippen molar-refractivity contribution < 1.29 is 94.1 Å². The third kappa shape index (κ3) is 27.3. The van der Waals surface area contributed by atoms with Crippen molar-refractivity contribution in [2.45, 2.75) is 65.2 Å². The Kier molecular flexibility index (Phi) is 39.7. The van der Waals surface area contributed by atoms with Gasteiger partial charge >= 0.3 is 41.8 Å². The molecule has 0 unspecified atom stereocenters. The standard InChI is InChI=1S/C15H13ClFN3O3.C15H14ClN3O3.C14H13ClFN3O3.C14H11ClFN3O2.C14H12ClN3O2.C12H15N3O2.C11H15N3O2/c1-4-7-11(15(21)23-3)19-14(20-13(7)18)8-5-6-9(16)12(22-2)10(8)17;1-4-9-12(15(20)22-3)18-14(19-13(9)17)8-5-6-10(16)11(7-8)21-2;1-6-10(14(20)22-3)18-13(19-12(6)17)7-4-5-8(15)11(21-2)9(7)16;1-3-8-11(14(20)21-2)18-13(19-12(8)17)9-5-4-7(15)6-10(9)16;1-3-10-11(14(19)20-2)17-13(18-12(10)16)8-4-6-9(15)7-5-8;1-3-8-9(12(16)17-4-2)14-11(7-5-6-7)15-10(8)13;1-3-16-11(15)8-6(2)9(12)14-10(13-8)7-4-5-7/h4-6H,1H2,2-3H3,(H2,18,19,20);4-7H,1H2,2-3H3,(H2,17,18,19);4-5H,1-3H3,(H2,17,18,19);3-6H,1H2,2H3,(H2,17,18,19);3-7H,1H2,2H3,(H2,16,17,18);3,7H,1,4-6H2,2H3,(H2,13,14,15);7H,3-5H2,1-2H3,(H2,12,13,14). The number of carbonyl (C=O) groups is 7. The summed E-state index contributed by atoms with van der Waals surface area (Å²) in [5.41, 5.74) is 45.0. The molecule has 736 valence electrons. The number of esters is 7. The molecule has 14 rings (SSSR count). The van der Waals surface area contributed by atoms with Crippen molar-refractivity contribution in [2.75, 3.05) is 110 Å². The van der Waals surface area contributed by atoms with E-state index in [9.17, 15) is 46.7 Å². The Morgan fingerprint density at radius 1 is 0.340 bits per heavy atom. The number of nitrogens with two attached hydrogens (primary N) is 7. The van der Waals surface area contributed by atoms with Crippen LogP contribution in [0.15, 0.2) is 118 Å². The number of hydrogen-bond acceptors (Lipinski definition) is 38. The number of methoxy groups -OCH3 is 8. The molecular weight excluding hydrogens is 1940 g/mol. The molecule has 0 amide bonds. The molecule has 0 radical (unpaired) electrons. The first kappa shape index (κ1) is 110. The molecule has 5 aromatic carbocycles. The highest BCUT2D eigenvalue weighted by Gasteiger charge is 2.33. The van der Waals surface area contributed by atoms with Gasteiger partial charge in [0.2, 0.25) is 0 Å². The second-order valence-corrected chi connectivity index (χ2v) is 30.8. The minimum atomic E-state index is -0.762. The molecule has 0 aliphatic heterocycles. The molecule has 7 heterocycles. The lowest BCUT2D eigenvalue weighted by molar-refractivity contribution is 0.0509. The smallest absolute Gasteiger partial charge is 0.357 e. The molecule has 0 saturated heterocycles. The maximum atomic E-state index is 14.5. The minimum absolute atomic E-state index is 0.00440. The highest BCUT2D eigenvalue weighted by atomic mass is 35.5. The van der Waals surface area contributed by atoms with E-state index < -0.39 is 59.2 Å². The van der Waals surface area contributed by atoms with Gasteiger partial charge in [-0.3, -0.25) is 0 Å². The number of ether oxygens (including phenoxy) is 10.